The Hall–Kier alpha value is -3.77. The number of nitrogens with one attached hydrogen (secondary N) is 1. The van der Waals surface area contributed by atoms with Gasteiger partial charge >= 0.3 is 0 Å². The first-order chi connectivity index (χ1) is 14.7. The van der Waals surface area contributed by atoms with Crippen molar-refractivity contribution in [2.24, 2.45) is 0 Å². The number of rotatable bonds is 4. The van der Waals surface area contributed by atoms with Crippen LogP contribution < -0.4 is 5.32 Å². The van der Waals surface area contributed by atoms with Gasteiger partial charge in [0.05, 0.1) is 5.69 Å². The van der Waals surface area contributed by atoms with E-state index < -0.39 is 0 Å². The zero-order valence-electron chi connectivity index (χ0n) is 16.2. The van der Waals surface area contributed by atoms with Crippen LogP contribution in [0.5, 0.6) is 0 Å². The lowest BCUT2D eigenvalue weighted by Crippen LogP contribution is -2.15. The second-order valence-corrected chi connectivity index (χ2v) is 7.86. The maximum atomic E-state index is 13.2. The molecule has 3 heterocycles. The first-order valence-electron chi connectivity index (χ1n) is 9.57. The quantitative estimate of drug-likeness (QED) is 0.414. The number of thiazole rings is 1. The van der Waals surface area contributed by atoms with Crippen LogP contribution in [0.15, 0.2) is 85.1 Å². The van der Waals surface area contributed by atoms with E-state index in [2.05, 4.69) is 10.3 Å². The molecular formula is C24H18N4OS. The van der Waals surface area contributed by atoms with Gasteiger partial charge in [0.1, 0.15) is 27.0 Å². The van der Waals surface area contributed by atoms with Crippen molar-refractivity contribution in [2.45, 2.75) is 6.92 Å². The Bertz CT molecular complexity index is 1340. The summed E-state index contributed by atoms with van der Waals surface area (Å²) in [7, 11) is 0. The van der Waals surface area contributed by atoms with Gasteiger partial charge < -0.3 is 5.32 Å². The fourth-order valence-electron chi connectivity index (χ4n) is 3.45. The molecular weight excluding hydrogens is 392 g/mol. The molecule has 0 spiro atoms. The third-order valence-corrected chi connectivity index (χ3v) is 5.86. The van der Waals surface area contributed by atoms with E-state index in [1.165, 1.54) is 11.3 Å². The summed E-state index contributed by atoms with van der Waals surface area (Å²) < 4.78 is 1.81. The third kappa shape index (κ3) is 3.27. The Labute approximate surface area is 177 Å². The molecule has 5 nitrogen and oxygen atoms in total. The number of benzene rings is 2. The number of amides is 1. The summed E-state index contributed by atoms with van der Waals surface area (Å²) in [4.78, 5) is 22.6. The molecule has 5 aromatic rings. The number of anilines is 1. The van der Waals surface area contributed by atoms with E-state index in [-0.39, 0.29) is 5.91 Å². The van der Waals surface area contributed by atoms with Crippen molar-refractivity contribution in [3.05, 3.63) is 96.4 Å². The van der Waals surface area contributed by atoms with Gasteiger partial charge in [-0.15, -0.1) is 0 Å². The number of pyridine rings is 1. The van der Waals surface area contributed by atoms with Crippen molar-refractivity contribution in [1.29, 1.82) is 0 Å². The molecule has 146 valence electrons. The molecule has 0 aliphatic rings. The number of carbonyl (C=O) groups excluding carboxylic acids is 1. The molecule has 0 saturated carbocycles. The Morgan fingerprint density at radius 3 is 2.27 bits per heavy atom. The maximum absolute atomic E-state index is 13.2. The second-order valence-electron chi connectivity index (χ2n) is 6.86. The van der Waals surface area contributed by atoms with Gasteiger partial charge in [-0.25, -0.2) is 9.97 Å². The van der Waals surface area contributed by atoms with Crippen LogP contribution in [-0.4, -0.2) is 20.3 Å². The topological polar surface area (TPSA) is 59.3 Å². The summed E-state index contributed by atoms with van der Waals surface area (Å²) in [5, 5.41) is 4.67. The summed E-state index contributed by atoms with van der Waals surface area (Å²) in [5.74, 6) is -0.202. The van der Waals surface area contributed by atoms with Crippen molar-refractivity contribution < 1.29 is 4.79 Å². The summed E-state index contributed by atoms with van der Waals surface area (Å²) in [5.41, 5.74) is 4.70. The highest BCUT2D eigenvalue weighted by Crippen LogP contribution is 2.38. The number of hydrogen-bond acceptors (Lipinski definition) is 4. The molecule has 6 heteroatoms. The van der Waals surface area contributed by atoms with Crippen molar-refractivity contribution >= 4 is 27.9 Å². The predicted octanol–water partition coefficient (Wildman–Crippen LogP) is 5.69. The Morgan fingerprint density at radius 2 is 1.53 bits per heavy atom. The Kier molecular flexibility index (Phi) is 4.61. The second kappa shape index (κ2) is 7.57. The molecule has 2 aromatic carbocycles. The van der Waals surface area contributed by atoms with Crippen LogP contribution in [0.1, 0.15) is 16.2 Å². The van der Waals surface area contributed by atoms with E-state index in [1.807, 2.05) is 96.4 Å². The number of fused-ring (bicyclic) bond motifs is 1. The Balaban J connectivity index is 1.58. The smallest absolute Gasteiger partial charge is 0.275 e. The first-order valence-corrected chi connectivity index (χ1v) is 10.4. The SMILES string of the molecule is Cc1nc2ccccn2c1C(=O)Nc1sc(-c2ccccc2)nc1-c1ccccc1. The number of aromatic nitrogens is 3. The number of imidazole rings is 1. The molecule has 30 heavy (non-hydrogen) atoms. The largest absolute Gasteiger partial charge is 0.310 e. The van der Waals surface area contributed by atoms with Gasteiger partial charge in [0.2, 0.25) is 0 Å². The van der Waals surface area contributed by atoms with E-state index >= 15 is 0 Å². The lowest BCUT2D eigenvalue weighted by atomic mass is 10.1. The number of hydrogen-bond donors (Lipinski definition) is 1. The molecule has 0 fully saturated rings. The number of carbonyl (C=O) groups is 1. The van der Waals surface area contributed by atoms with Gasteiger partial charge in [0, 0.05) is 17.3 Å². The van der Waals surface area contributed by atoms with Gasteiger partial charge in [-0.05, 0) is 19.1 Å². The lowest BCUT2D eigenvalue weighted by Gasteiger charge is -2.06. The fourth-order valence-corrected chi connectivity index (χ4v) is 4.44. The highest BCUT2D eigenvalue weighted by molar-refractivity contribution is 7.19. The third-order valence-electron chi connectivity index (χ3n) is 4.84. The van der Waals surface area contributed by atoms with Crippen LogP contribution >= 0.6 is 11.3 Å². The minimum atomic E-state index is -0.202. The first kappa shape index (κ1) is 18.3. The molecule has 1 amide bonds. The number of nitrogens with zero attached hydrogens (tertiary/aromatic N) is 3. The highest BCUT2D eigenvalue weighted by Gasteiger charge is 2.21. The van der Waals surface area contributed by atoms with Gasteiger partial charge in [0.25, 0.3) is 5.91 Å². The summed E-state index contributed by atoms with van der Waals surface area (Å²) in [6, 6.07) is 25.6. The minimum absolute atomic E-state index is 0.202. The van der Waals surface area contributed by atoms with Crippen LogP contribution in [0.25, 0.3) is 27.5 Å². The van der Waals surface area contributed by atoms with Gasteiger partial charge in [0.15, 0.2) is 0 Å². The zero-order valence-corrected chi connectivity index (χ0v) is 17.1. The molecule has 0 aliphatic carbocycles. The minimum Gasteiger partial charge on any atom is -0.310 e. The lowest BCUT2D eigenvalue weighted by molar-refractivity contribution is 0.102. The predicted molar refractivity (Wildman–Crippen MR) is 121 cm³/mol. The highest BCUT2D eigenvalue weighted by atomic mass is 32.1. The monoisotopic (exact) mass is 410 g/mol. The van der Waals surface area contributed by atoms with E-state index in [9.17, 15) is 4.79 Å². The van der Waals surface area contributed by atoms with Crippen molar-refractivity contribution in [3.8, 4) is 21.8 Å². The van der Waals surface area contributed by atoms with Gasteiger partial charge in [-0.3, -0.25) is 9.20 Å². The van der Waals surface area contributed by atoms with Crippen LogP contribution in [0.2, 0.25) is 0 Å². The molecule has 0 saturated heterocycles. The molecule has 0 atom stereocenters. The number of aryl methyl sites for hydroxylation is 1. The van der Waals surface area contributed by atoms with Gasteiger partial charge in [-0.1, -0.05) is 78.1 Å². The average molecular weight is 411 g/mol. The van der Waals surface area contributed by atoms with Crippen LogP contribution in [0, 0.1) is 6.92 Å². The average Bonchev–Trinajstić information content (AvgIpc) is 3.35. The Morgan fingerprint density at radius 1 is 0.867 bits per heavy atom. The molecule has 3 aromatic heterocycles. The van der Waals surface area contributed by atoms with E-state index in [4.69, 9.17) is 4.98 Å². The molecule has 1 N–H and O–H groups in total. The molecule has 0 aliphatic heterocycles. The van der Waals surface area contributed by atoms with Crippen molar-refractivity contribution in [2.75, 3.05) is 5.32 Å². The standard InChI is InChI=1S/C24H18N4OS/c1-16-21(28-15-9-8-14-19(28)25-16)22(29)27-24-20(17-10-4-2-5-11-17)26-23(30-24)18-12-6-3-7-13-18/h2-15H,1H3,(H,27,29). The molecule has 0 radical (unpaired) electrons. The van der Waals surface area contributed by atoms with E-state index in [0.29, 0.717) is 11.4 Å². The maximum Gasteiger partial charge on any atom is 0.275 e. The van der Waals surface area contributed by atoms with Crippen molar-refractivity contribution in [3.63, 3.8) is 0 Å². The molecule has 0 unspecified atom stereocenters. The van der Waals surface area contributed by atoms with Crippen LogP contribution in [0.3, 0.4) is 0 Å². The fraction of sp³-hybridized carbons (Fsp3) is 0.0417. The summed E-state index contributed by atoms with van der Waals surface area (Å²) >= 11 is 1.47. The zero-order chi connectivity index (χ0) is 20.5. The normalized spacial score (nSPS) is 11.0. The van der Waals surface area contributed by atoms with Crippen LogP contribution in [-0.2, 0) is 0 Å². The van der Waals surface area contributed by atoms with Crippen molar-refractivity contribution in [1.82, 2.24) is 14.4 Å². The van der Waals surface area contributed by atoms with E-state index in [1.54, 1.807) is 0 Å². The molecule has 0 bridgehead atoms. The van der Waals surface area contributed by atoms with E-state index in [0.717, 1.165) is 32.5 Å². The summed E-state index contributed by atoms with van der Waals surface area (Å²) in [6.45, 7) is 1.85. The summed E-state index contributed by atoms with van der Waals surface area (Å²) in [6.07, 6.45) is 1.85. The molecule has 5 rings (SSSR count). The van der Waals surface area contributed by atoms with Crippen LogP contribution in [0.4, 0.5) is 5.00 Å². The van der Waals surface area contributed by atoms with Gasteiger partial charge in [-0.2, -0.15) is 0 Å².